The maximum absolute atomic E-state index is 6.13. The predicted octanol–water partition coefficient (Wildman–Crippen LogP) is 2.54. The number of fused-ring (bicyclic) bond motifs is 1. The first kappa shape index (κ1) is 15.4. The highest BCUT2D eigenvalue weighted by atomic mass is 16.5. The summed E-state index contributed by atoms with van der Waals surface area (Å²) in [6.45, 7) is 3.96. The lowest BCUT2D eigenvalue weighted by molar-refractivity contribution is 0.327. The van der Waals surface area contributed by atoms with Crippen LogP contribution in [0.2, 0.25) is 0 Å². The van der Waals surface area contributed by atoms with E-state index in [1.54, 1.807) is 27.5 Å². The molecular formula is C16H22N2O3. The highest BCUT2D eigenvalue weighted by molar-refractivity contribution is 5.94. The van der Waals surface area contributed by atoms with Gasteiger partial charge < -0.3 is 19.9 Å². The molecule has 2 aromatic rings. The average molecular weight is 290 g/mol. The molecule has 1 heterocycles. The van der Waals surface area contributed by atoms with Crippen molar-refractivity contribution in [2.24, 2.45) is 5.73 Å². The van der Waals surface area contributed by atoms with Gasteiger partial charge in [-0.25, -0.2) is 0 Å². The second-order valence-corrected chi connectivity index (χ2v) is 5.66. The third-order valence-electron chi connectivity index (χ3n) is 3.27. The molecule has 0 atom stereocenters. The summed E-state index contributed by atoms with van der Waals surface area (Å²) < 4.78 is 16.3. The first-order valence-electron chi connectivity index (χ1n) is 6.76. The van der Waals surface area contributed by atoms with Gasteiger partial charge >= 0.3 is 0 Å². The summed E-state index contributed by atoms with van der Waals surface area (Å²) in [7, 11) is 4.81. The molecule has 21 heavy (non-hydrogen) atoms. The van der Waals surface area contributed by atoms with Crippen LogP contribution in [0, 0.1) is 0 Å². The van der Waals surface area contributed by atoms with Gasteiger partial charge in [-0.15, -0.1) is 0 Å². The third kappa shape index (κ3) is 3.03. The highest BCUT2D eigenvalue weighted by Crippen LogP contribution is 2.43. The summed E-state index contributed by atoms with van der Waals surface area (Å²) in [6.07, 6.45) is 2.42. The van der Waals surface area contributed by atoms with Crippen molar-refractivity contribution in [3.63, 3.8) is 0 Å². The Kier molecular flexibility index (Phi) is 4.23. The maximum atomic E-state index is 6.13. The third-order valence-corrected chi connectivity index (χ3v) is 3.27. The van der Waals surface area contributed by atoms with Crippen LogP contribution in [0.25, 0.3) is 10.8 Å². The van der Waals surface area contributed by atoms with E-state index in [2.05, 4.69) is 4.98 Å². The number of methoxy groups -OCH3 is 3. The topological polar surface area (TPSA) is 66.6 Å². The first-order valence-corrected chi connectivity index (χ1v) is 6.76. The molecule has 0 aliphatic carbocycles. The molecule has 5 heteroatoms. The van der Waals surface area contributed by atoms with Crippen LogP contribution in [0.3, 0.4) is 0 Å². The molecule has 0 fully saturated rings. The fourth-order valence-electron chi connectivity index (χ4n) is 2.43. The maximum Gasteiger partial charge on any atom is 0.203 e. The van der Waals surface area contributed by atoms with Crippen LogP contribution in [0.1, 0.15) is 19.5 Å². The van der Waals surface area contributed by atoms with Gasteiger partial charge in [-0.1, -0.05) is 0 Å². The minimum Gasteiger partial charge on any atom is -0.493 e. The number of hydrogen-bond donors (Lipinski definition) is 1. The number of benzene rings is 1. The molecule has 0 aliphatic heterocycles. The summed E-state index contributed by atoms with van der Waals surface area (Å²) in [5, 5.41) is 1.90. The lowest BCUT2D eigenvalue weighted by atomic mass is 9.96. The van der Waals surface area contributed by atoms with Crippen molar-refractivity contribution in [2.45, 2.75) is 25.8 Å². The Morgan fingerprint density at radius 3 is 2.24 bits per heavy atom. The molecular weight excluding hydrogens is 268 g/mol. The molecule has 0 radical (unpaired) electrons. The van der Waals surface area contributed by atoms with Gasteiger partial charge in [0.1, 0.15) is 0 Å². The van der Waals surface area contributed by atoms with E-state index in [1.165, 1.54) is 0 Å². The van der Waals surface area contributed by atoms with Gasteiger partial charge in [-0.05, 0) is 26.0 Å². The van der Waals surface area contributed by atoms with Crippen molar-refractivity contribution in [3.05, 3.63) is 24.0 Å². The van der Waals surface area contributed by atoms with Crippen molar-refractivity contribution < 1.29 is 14.2 Å². The second-order valence-electron chi connectivity index (χ2n) is 5.66. The number of rotatable bonds is 5. The zero-order valence-electron chi connectivity index (χ0n) is 13.2. The molecule has 0 saturated heterocycles. The monoisotopic (exact) mass is 290 g/mol. The van der Waals surface area contributed by atoms with Crippen LogP contribution in [0.5, 0.6) is 17.2 Å². The van der Waals surface area contributed by atoms with Crippen LogP contribution in [-0.4, -0.2) is 31.9 Å². The number of hydrogen-bond acceptors (Lipinski definition) is 5. The Bertz CT molecular complexity index is 648. The average Bonchev–Trinajstić information content (AvgIpc) is 2.43. The minimum absolute atomic E-state index is 0.346. The van der Waals surface area contributed by atoms with Crippen LogP contribution >= 0.6 is 0 Å². The van der Waals surface area contributed by atoms with Gasteiger partial charge in [-0.2, -0.15) is 0 Å². The standard InChI is InChI=1S/C16H22N2O3/c1-16(2,17)9-12-11-8-13(19-3)15(21-5)14(20-4)10(11)6-7-18-12/h6-8H,9,17H2,1-5H3. The van der Waals surface area contributed by atoms with Crippen LogP contribution in [-0.2, 0) is 6.42 Å². The normalized spacial score (nSPS) is 11.5. The van der Waals surface area contributed by atoms with Gasteiger partial charge in [0.25, 0.3) is 0 Å². The number of ether oxygens (including phenoxy) is 3. The lowest BCUT2D eigenvalue weighted by Gasteiger charge is -2.20. The zero-order chi connectivity index (χ0) is 15.6. The molecule has 2 N–H and O–H groups in total. The SMILES string of the molecule is COc1cc2c(CC(C)(C)N)nccc2c(OC)c1OC. The van der Waals surface area contributed by atoms with E-state index in [4.69, 9.17) is 19.9 Å². The summed E-state index contributed by atoms with van der Waals surface area (Å²) in [5.74, 6) is 1.84. The Balaban J connectivity index is 2.76. The number of aromatic nitrogens is 1. The van der Waals surface area contributed by atoms with E-state index in [9.17, 15) is 0 Å². The second kappa shape index (κ2) is 5.77. The van der Waals surface area contributed by atoms with Crippen molar-refractivity contribution in [2.75, 3.05) is 21.3 Å². The van der Waals surface area contributed by atoms with Gasteiger partial charge in [0.15, 0.2) is 11.5 Å². The van der Waals surface area contributed by atoms with E-state index in [0.717, 1.165) is 16.5 Å². The fraction of sp³-hybridized carbons (Fsp3) is 0.438. The summed E-state index contributed by atoms with van der Waals surface area (Å²) in [6, 6.07) is 3.83. The lowest BCUT2D eigenvalue weighted by Crippen LogP contribution is -2.34. The van der Waals surface area contributed by atoms with Crippen LogP contribution in [0.15, 0.2) is 18.3 Å². The van der Waals surface area contributed by atoms with E-state index < -0.39 is 0 Å². The molecule has 2 rings (SSSR count). The summed E-state index contributed by atoms with van der Waals surface area (Å²) in [4.78, 5) is 4.47. The van der Waals surface area contributed by atoms with Gasteiger partial charge in [0.2, 0.25) is 5.75 Å². The van der Waals surface area contributed by atoms with Gasteiger partial charge in [-0.3, -0.25) is 4.98 Å². The van der Waals surface area contributed by atoms with Crippen LogP contribution < -0.4 is 19.9 Å². The number of pyridine rings is 1. The molecule has 1 aromatic carbocycles. The van der Waals surface area contributed by atoms with Gasteiger partial charge in [0, 0.05) is 28.9 Å². The van der Waals surface area contributed by atoms with E-state index in [0.29, 0.717) is 23.7 Å². The zero-order valence-corrected chi connectivity index (χ0v) is 13.2. The minimum atomic E-state index is -0.346. The Morgan fingerprint density at radius 2 is 1.71 bits per heavy atom. The first-order chi connectivity index (χ1) is 9.91. The van der Waals surface area contributed by atoms with Gasteiger partial charge in [0.05, 0.1) is 27.0 Å². The van der Waals surface area contributed by atoms with E-state index in [1.807, 2.05) is 26.0 Å². The fourth-order valence-corrected chi connectivity index (χ4v) is 2.43. The smallest absolute Gasteiger partial charge is 0.203 e. The molecule has 0 bridgehead atoms. The highest BCUT2D eigenvalue weighted by Gasteiger charge is 2.20. The van der Waals surface area contributed by atoms with Crippen molar-refractivity contribution in [1.82, 2.24) is 4.98 Å². The van der Waals surface area contributed by atoms with Crippen molar-refractivity contribution in [1.29, 1.82) is 0 Å². The molecule has 114 valence electrons. The molecule has 5 nitrogen and oxygen atoms in total. The van der Waals surface area contributed by atoms with Crippen molar-refractivity contribution in [3.8, 4) is 17.2 Å². The summed E-state index contributed by atoms with van der Waals surface area (Å²) in [5.41, 5.74) is 6.70. The Hall–Kier alpha value is -2.01. The Labute approximate surface area is 125 Å². The number of nitrogens with two attached hydrogens (primary N) is 1. The summed E-state index contributed by atoms with van der Waals surface area (Å²) >= 11 is 0. The largest absolute Gasteiger partial charge is 0.493 e. The van der Waals surface area contributed by atoms with Crippen LogP contribution in [0.4, 0.5) is 0 Å². The molecule has 0 spiro atoms. The quantitative estimate of drug-likeness (QED) is 0.916. The Morgan fingerprint density at radius 1 is 1.05 bits per heavy atom. The van der Waals surface area contributed by atoms with Crippen molar-refractivity contribution >= 4 is 10.8 Å². The molecule has 0 saturated carbocycles. The molecule has 0 amide bonds. The number of nitrogens with zero attached hydrogens (tertiary/aromatic N) is 1. The van der Waals surface area contributed by atoms with E-state index in [-0.39, 0.29) is 5.54 Å². The molecule has 0 unspecified atom stereocenters. The predicted molar refractivity (Wildman–Crippen MR) is 83.4 cm³/mol. The van der Waals surface area contributed by atoms with E-state index >= 15 is 0 Å². The molecule has 1 aromatic heterocycles. The molecule has 0 aliphatic rings.